The van der Waals surface area contributed by atoms with E-state index < -0.39 is 11.6 Å². The van der Waals surface area contributed by atoms with Crippen LogP contribution in [0.25, 0.3) is 6.08 Å². The average molecular weight is 194 g/mol. The Morgan fingerprint density at radius 1 is 1.07 bits per heavy atom. The monoisotopic (exact) mass is 194 g/mol. The molecule has 0 aliphatic carbocycles. The first kappa shape index (κ1) is 10.3. The summed E-state index contributed by atoms with van der Waals surface area (Å²) >= 11 is 0. The highest BCUT2D eigenvalue weighted by Gasteiger charge is 1.98. The van der Waals surface area contributed by atoms with Crippen LogP contribution in [0.5, 0.6) is 0 Å². The third-order valence-corrected chi connectivity index (χ3v) is 1.54. The van der Waals surface area contributed by atoms with Crippen molar-refractivity contribution in [1.29, 1.82) is 0 Å². The Morgan fingerprint density at radius 3 is 2.50 bits per heavy atom. The van der Waals surface area contributed by atoms with Crippen molar-refractivity contribution in [2.45, 2.75) is 0 Å². The van der Waals surface area contributed by atoms with Gasteiger partial charge in [0.05, 0.1) is 0 Å². The van der Waals surface area contributed by atoms with E-state index in [4.69, 9.17) is 0 Å². The van der Waals surface area contributed by atoms with Gasteiger partial charge in [0.25, 0.3) is 0 Å². The number of hydrogen-bond acceptors (Lipinski definition) is 1. The molecule has 72 valence electrons. The highest BCUT2D eigenvalue weighted by atomic mass is 19.1. The van der Waals surface area contributed by atoms with Crippen LogP contribution < -0.4 is 0 Å². The second kappa shape index (κ2) is 5.07. The summed E-state index contributed by atoms with van der Waals surface area (Å²) in [6.07, 6.45) is 6.32. The molecule has 0 saturated heterocycles. The summed E-state index contributed by atoms with van der Waals surface area (Å²) in [5, 5.41) is 0. The van der Waals surface area contributed by atoms with Gasteiger partial charge in [0.2, 0.25) is 0 Å². The van der Waals surface area contributed by atoms with E-state index in [2.05, 4.69) is 0 Å². The largest absolute Gasteiger partial charge is 0.299 e. The molecule has 0 heterocycles. The van der Waals surface area contributed by atoms with Gasteiger partial charge in [-0.25, -0.2) is 8.78 Å². The standard InChI is InChI=1S/C11H8F2O/c12-10-6-5-9(11(13)8-10)4-2-1-3-7-14/h1-8H/b3-1+,4-2+. The number of hydrogen-bond donors (Lipinski definition) is 0. The second-order valence-electron chi connectivity index (χ2n) is 2.55. The molecule has 1 rings (SSSR count). The van der Waals surface area contributed by atoms with Gasteiger partial charge < -0.3 is 0 Å². The normalized spacial score (nSPS) is 11.3. The lowest BCUT2D eigenvalue weighted by molar-refractivity contribution is -0.104. The average Bonchev–Trinajstić information content (AvgIpc) is 2.15. The summed E-state index contributed by atoms with van der Waals surface area (Å²) in [5.74, 6) is -1.23. The molecular weight excluding hydrogens is 186 g/mol. The highest BCUT2D eigenvalue weighted by molar-refractivity contribution is 5.66. The Balaban J connectivity index is 2.81. The summed E-state index contributed by atoms with van der Waals surface area (Å²) < 4.78 is 25.4. The fourth-order valence-electron chi connectivity index (χ4n) is 0.905. The maximum Gasteiger partial charge on any atom is 0.142 e. The molecule has 0 aliphatic heterocycles. The zero-order valence-corrected chi connectivity index (χ0v) is 7.28. The molecule has 0 atom stereocenters. The molecule has 0 radical (unpaired) electrons. The van der Waals surface area contributed by atoms with E-state index in [9.17, 15) is 13.6 Å². The number of carbonyl (C=O) groups is 1. The minimum atomic E-state index is -0.624. The summed E-state index contributed by atoms with van der Waals surface area (Å²) in [7, 11) is 0. The van der Waals surface area contributed by atoms with E-state index >= 15 is 0 Å². The predicted octanol–water partition coefficient (Wildman–Crippen LogP) is 2.73. The smallest absolute Gasteiger partial charge is 0.142 e. The fourth-order valence-corrected chi connectivity index (χ4v) is 0.905. The molecule has 1 aromatic rings. The third kappa shape index (κ3) is 2.94. The van der Waals surface area contributed by atoms with Crippen LogP contribution in [0.15, 0.2) is 36.4 Å². The molecule has 14 heavy (non-hydrogen) atoms. The van der Waals surface area contributed by atoms with Gasteiger partial charge in [0.15, 0.2) is 0 Å². The summed E-state index contributed by atoms with van der Waals surface area (Å²) in [5.41, 5.74) is 0.280. The summed E-state index contributed by atoms with van der Waals surface area (Å²) in [6.45, 7) is 0. The first-order valence-corrected chi connectivity index (χ1v) is 3.97. The van der Waals surface area contributed by atoms with Crippen molar-refractivity contribution in [3.63, 3.8) is 0 Å². The van der Waals surface area contributed by atoms with E-state index in [0.717, 1.165) is 6.07 Å². The van der Waals surface area contributed by atoms with Gasteiger partial charge in [-0.2, -0.15) is 0 Å². The Morgan fingerprint density at radius 2 is 1.86 bits per heavy atom. The van der Waals surface area contributed by atoms with Crippen molar-refractivity contribution >= 4 is 12.4 Å². The summed E-state index contributed by atoms with van der Waals surface area (Å²) in [6, 6.07) is 3.31. The molecule has 0 N–H and O–H groups in total. The van der Waals surface area contributed by atoms with Gasteiger partial charge in [0, 0.05) is 11.6 Å². The quantitative estimate of drug-likeness (QED) is 0.410. The number of benzene rings is 1. The lowest BCUT2D eigenvalue weighted by atomic mass is 10.2. The Labute approximate surface area is 80.4 Å². The minimum Gasteiger partial charge on any atom is -0.299 e. The van der Waals surface area contributed by atoms with Crippen molar-refractivity contribution in [3.05, 3.63) is 53.6 Å². The van der Waals surface area contributed by atoms with E-state index in [1.165, 1.54) is 36.4 Å². The lowest BCUT2D eigenvalue weighted by Crippen LogP contribution is -1.83. The number of rotatable bonds is 3. The van der Waals surface area contributed by atoms with E-state index in [1.807, 2.05) is 0 Å². The van der Waals surface area contributed by atoms with E-state index in [1.54, 1.807) is 0 Å². The molecular formula is C11H8F2O. The van der Waals surface area contributed by atoms with Crippen molar-refractivity contribution in [2.24, 2.45) is 0 Å². The molecule has 0 aliphatic rings. The molecule has 0 aromatic heterocycles. The maximum absolute atomic E-state index is 13.0. The molecule has 0 bridgehead atoms. The molecule has 0 unspecified atom stereocenters. The Hall–Kier alpha value is -1.77. The zero-order valence-electron chi connectivity index (χ0n) is 7.28. The molecule has 1 nitrogen and oxygen atoms in total. The van der Waals surface area contributed by atoms with Crippen LogP contribution in [0.2, 0.25) is 0 Å². The van der Waals surface area contributed by atoms with E-state index in [0.29, 0.717) is 6.29 Å². The third-order valence-electron chi connectivity index (χ3n) is 1.54. The van der Waals surface area contributed by atoms with Gasteiger partial charge in [-0.05, 0) is 18.2 Å². The van der Waals surface area contributed by atoms with Crippen molar-refractivity contribution in [2.75, 3.05) is 0 Å². The predicted molar refractivity (Wildman–Crippen MR) is 50.6 cm³/mol. The maximum atomic E-state index is 13.0. The molecule has 0 saturated carbocycles. The van der Waals surface area contributed by atoms with Crippen LogP contribution in [-0.2, 0) is 4.79 Å². The van der Waals surface area contributed by atoms with E-state index in [-0.39, 0.29) is 5.56 Å². The van der Waals surface area contributed by atoms with Crippen LogP contribution in [-0.4, -0.2) is 6.29 Å². The number of carbonyl (C=O) groups excluding carboxylic acids is 1. The summed E-state index contributed by atoms with van der Waals surface area (Å²) in [4.78, 5) is 9.88. The van der Waals surface area contributed by atoms with Gasteiger partial charge >= 0.3 is 0 Å². The Kier molecular flexibility index (Phi) is 3.73. The van der Waals surface area contributed by atoms with Crippen molar-refractivity contribution in [1.82, 2.24) is 0 Å². The molecule has 1 aromatic carbocycles. The molecule has 0 fully saturated rings. The zero-order chi connectivity index (χ0) is 10.4. The molecule has 0 amide bonds. The van der Waals surface area contributed by atoms with Crippen molar-refractivity contribution in [3.8, 4) is 0 Å². The van der Waals surface area contributed by atoms with Crippen LogP contribution >= 0.6 is 0 Å². The first-order valence-electron chi connectivity index (χ1n) is 3.97. The topological polar surface area (TPSA) is 17.1 Å². The van der Waals surface area contributed by atoms with Crippen molar-refractivity contribution < 1.29 is 13.6 Å². The van der Waals surface area contributed by atoms with Gasteiger partial charge in [-0.15, -0.1) is 0 Å². The SMILES string of the molecule is O=C/C=C/C=C/c1ccc(F)cc1F. The van der Waals surface area contributed by atoms with Gasteiger partial charge in [-0.1, -0.05) is 18.2 Å². The lowest BCUT2D eigenvalue weighted by Gasteiger charge is -1.95. The Bertz CT molecular complexity index is 381. The second-order valence-corrected chi connectivity index (χ2v) is 2.55. The van der Waals surface area contributed by atoms with Crippen LogP contribution in [0.3, 0.4) is 0 Å². The van der Waals surface area contributed by atoms with Gasteiger partial charge in [0.1, 0.15) is 17.9 Å². The molecule has 3 heteroatoms. The number of halogens is 2. The molecule has 0 spiro atoms. The van der Waals surface area contributed by atoms with Crippen LogP contribution in [0, 0.1) is 11.6 Å². The number of aldehydes is 1. The van der Waals surface area contributed by atoms with Crippen LogP contribution in [0.4, 0.5) is 8.78 Å². The van der Waals surface area contributed by atoms with Gasteiger partial charge in [-0.3, -0.25) is 4.79 Å². The fraction of sp³-hybridized carbons (Fsp3) is 0. The minimum absolute atomic E-state index is 0.280. The highest BCUT2D eigenvalue weighted by Crippen LogP contribution is 2.10. The van der Waals surface area contributed by atoms with Crippen LogP contribution in [0.1, 0.15) is 5.56 Å². The first-order chi connectivity index (χ1) is 6.74. The number of allylic oxidation sites excluding steroid dienone is 3.